The number of hydrogen-bond donors (Lipinski definition) is 1. The molecule has 1 fully saturated rings. The lowest BCUT2D eigenvalue weighted by atomic mass is 9.95. The van der Waals surface area contributed by atoms with E-state index in [9.17, 15) is 19.1 Å². The molecule has 2 aromatic carbocycles. The van der Waals surface area contributed by atoms with Gasteiger partial charge in [-0.05, 0) is 48.0 Å². The van der Waals surface area contributed by atoms with Gasteiger partial charge >= 0.3 is 5.91 Å². The summed E-state index contributed by atoms with van der Waals surface area (Å²) >= 11 is 6.16. The van der Waals surface area contributed by atoms with Crippen molar-refractivity contribution in [2.75, 3.05) is 12.0 Å². The first-order chi connectivity index (χ1) is 14.9. The van der Waals surface area contributed by atoms with Crippen LogP contribution < -0.4 is 9.64 Å². The first kappa shape index (κ1) is 20.6. The molecule has 3 aromatic rings. The third kappa shape index (κ3) is 3.64. The molecule has 31 heavy (non-hydrogen) atoms. The van der Waals surface area contributed by atoms with Crippen LogP contribution >= 0.6 is 11.6 Å². The van der Waals surface area contributed by atoms with E-state index in [0.29, 0.717) is 11.3 Å². The summed E-state index contributed by atoms with van der Waals surface area (Å²) in [4.78, 5) is 31.2. The number of anilines is 1. The van der Waals surface area contributed by atoms with E-state index in [1.807, 2.05) is 0 Å². The Kier molecular flexibility index (Phi) is 5.44. The molecular weight excluding hydrogens is 423 g/mol. The molecule has 0 aliphatic carbocycles. The van der Waals surface area contributed by atoms with Gasteiger partial charge in [0, 0.05) is 11.8 Å². The zero-order valence-electron chi connectivity index (χ0n) is 16.3. The number of amides is 1. The molecule has 1 N–H and O–H groups in total. The predicted octanol–water partition coefficient (Wildman–Crippen LogP) is 4.51. The van der Waals surface area contributed by atoms with E-state index in [1.54, 1.807) is 24.3 Å². The number of hydrogen-bond acceptors (Lipinski definition) is 5. The Morgan fingerprint density at radius 3 is 2.58 bits per heavy atom. The van der Waals surface area contributed by atoms with Gasteiger partial charge in [0.1, 0.15) is 23.1 Å². The highest BCUT2D eigenvalue weighted by Gasteiger charge is 2.47. The van der Waals surface area contributed by atoms with Gasteiger partial charge in [-0.15, -0.1) is 0 Å². The normalized spacial score (nSPS) is 17.8. The number of Topliss-reactive ketones (excluding diaryl/α,β-unsaturated/α-hetero) is 1. The SMILES string of the molecule is COc1ccc(C(O)=C2C(=O)C(=O)N(c3ccccn3)C2c2cccc(F)c2)cc1Cl. The number of methoxy groups -OCH3 is 1. The monoisotopic (exact) mass is 438 g/mol. The molecule has 6 nitrogen and oxygen atoms in total. The van der Waals surface area contributed by atoms with E-state index in [0.717, 1.165) is 4.90 Å². The molecule has 1 saturated heterocycles. The molecule has 1 aliphatic heterocycles. The van der Waals surface area contributed by atoms with Crippen molar-refractivity contribution in [2.24, 2.45) is 0 Å². The minimum Gasteiger partial charge on any atom is -0.507 e. The minimum absolute atomic E-state index is 0.192. The van der Waals surface area contributed by atoms with Gasteiger partial charge in [-0.1, -0.05) is 29.8 Å². The molecule has 8 heteroatoms. The highest BCUT2D eigenvalue weighted by atomic mass is 35.5. The number of aromatic nitrogens is 1. The zero-order chi connectivity index (χ0) is 22.1. The fourth-order valence-electron chi connectivity index (χ4n) is 3.53. The van der Waals surface area contributed by atoms with Crippen LogP contribution in [0.15, 0.2) is 72.4 Å². The van der Waals surface area contributed by atoms with Crippen LogP contribution in [-0.4, -0.2) is 28.9 Å². The number of aliphatic hydroxyl groups is 1. The summed E-state index contributed by atoms with van der Waals surface area (Å²) in [5.74, 6) is -2.19. The lowest BCUT2D eigenvalue weighted by molar-refractivity contribution is -0.132. The van der Waals surface area contributed by atoms with Crippen LogP contribution in [0, 0.1) is 5.82 Å². The fraction of sp³-hybridized carbons (Fsp3) is 0.0870. The van der Waals surface area contributed by atoms with Gasteiger partial charge in [0.05, 0.1) is 23.7 Å². The van der Waals surface area contributed by atoms with E-state index in [1.165, 1.54) is 49.7 Å². The van der Waals surface area contributed by atoms with Crippen molar-refractivity contribution in [3.05, 3.63) is 94.4 Å². The van der Waals surface area contributed by atoms with Crippen LogP contribution in [0.2, 0.25) is 5.02 Å². The topological polar surface area (TPSA) is 79.7 Å². The third-order valence-corrected chi connectivity index (χ3v) is 5.23. The molecule has 0 radical (unpaired) electrons. The van der Waals surface area contributed by atoms with E-state index >= 15 is 0 Å². The smallest absolute Gasteiger partial charge is 0.301 e. The molecule has 1 unspecified atom stereocenters. The average molecular weight is 439 g/mol. The summed E-state index contributed by atoms with van der Waals surface area (Å²) in [7, 11) is 1.45. The molecule has 1 atom stereocenters. The van der Waals surface area contributed by atoms with E-state index in [2.05, 4.69) is 4.98 Å². The Labute approximate surface area is 182 Å². The van der Waals surface area contributed by atoms with Crippen molar-refractivity contribution >= 4 is 34.9 Å². The molecule has 0 saturated carbocycles. The van der Waals surface area contributed by atoms with E-state index < -0.39 is 29.3 Å². The maximum absolute atomic E-state index is 14.0. The van der Waals surface area contributed by atoms with Gasteiger partial charge in [0.25, 0.3) is 5.78 Å². The van der Waals surface area contributed by atoms with Crippen LogP contribution in [0.3, 0.4) is 0 Å². The van der Waals surface area contributed by atoms with E-state index in [-0.39, 0.29) is 22.0 Å². The molecular formula is C23H16ClFN2O4. The second-order valence-electron chi connectivity index (χ2n) is 6.76. The third-order valence-electron chi connectivity index (χ3n) is 4.93. The summed E-state index contributed by atoms with van der Waals surface area (Å²) in [6, 6.07) is 13.8. The summed E-state index contributed by atoms with van der Waals surface area (Å²) in [5, 5.41) is 11.2. The van der Waals surface area contributed by atoms with Gasteiger partial charge in [-0.25, -0.2) is 9.37 Å². The summed E-state index contributed by atoms with van der Waals surface area (Å²) in [6.07, 6.45) is 1.47. The number of carbonyl (C=O) groups is 2. The number of nitrogens with zero attached hydrogens (tertiary/aromatic N) is 2. The average Bonchev–Trinajstić information content (AvgIpc) is 3.04. The summed E-state index contributed by atoms with van der Waals surface area (Å²) in [5.41, 5.74) is 0.333. The van der Waals surface area contributed by atoms with Gasteiger partial charge in [0.2, 0.25) is 0 Å². The van der Waals surface area contributed by atoms with Crippen molar-refractivity contribution in [1.82, 2.24) is 4.98 Å². The van der Waals surface area contributed by atoms with Crippen LogP contribution in [0.5, 0.6) is 5.75 Å². The van der Waals surface area contributed by atoms with Crippen LogP contribution in [-0.2, 0) is 9.59 Å². The number of rotatable bonds is 4. The molecule has 156 valence electrons. The Morgan fingerprint density at radius 1 is 1.13 bits per heavy atom. The minimum atomic E-state index is -1.08. The zero-order valence-corrected chi connectivity index (χ0v) is 17.0. The van der Waals surface area contributed by atoms with Gasteiger partial charge in [0.15, 0.2) is 0 Å². The Morgan fingerprint density at radius 2 is 1.94 bits per heavy atom. The Hall–Kier alpha value is -3.71. The second kappa shape index (κ2) is 8.20. The van der Waals surface area contributed by atoms with Crippen molar-refractivity contribution in [3.63, 3.8) is 0 Å². The molecule has 1 aliphatic rings. The first-order valence-electron chi connectivity index (χ1n) is 9.23. The fourth-order valence-corrected chi connectivity index (χ4v) is 3.78. The van der Waals surface area contributed by atoms with Crippen LogP contribution in [0.4, 0.5) is 10.2 Å². The van der Waals surface area contributed by atoms with Gasteiger partial charge in [-0.2, -0.15) is 0 Å². The van der Waals surface area contributed by atoms with Crippen LogP contribution in [0.1, 0.15) is 17.2 Å². The second-order valence-corrected chi connectivity index (χ2v) is 7.17. The largest absolute Gasteiger partial charge is 0.507 e. The Balaban J connectivity index is 1.94. The van der Waals surface area contributed by atoms with Crippen molar-refractivity contribution in [2.45, 2.75) is 6.04 Å². The number of aliphatic hydroxyl groups excluding tert-OH is 1. The Bertz CT molecular complexity index is 1210. The van der Waals surface area contributed by atoms with E-state index in [4.69, 9.17) is 16.3 Å². The number of ether oxygens (including phenoxy) is 1. The molecule has 1 amide bonds. The molecule has 2 heterocycles. The first-order valence-corrected chi connectivity index (χ1v) is 9.61. The number of benzene rings is 2. The number of carbonyl (C=O) groups excluding carboxylic acids is 2. The molecule has 1 aromatic heterocycles. The maximum atomic E-state index is 14.0. The number of halogens is 2. The predicted molar refractivity (Wildman–Crippen MR) is 113 cm³/mol. The quantitative estimate of drug-likeness (QED) is 0.368. The summed E-state index contributed by atoms with van der Waals surface area (Å²) in [6.45, 7) is 0. The van der Waals surface area contributed by atoms with Gasteiger partial charge in [-0.3, -0.25) is 14.5 Å². The standard InChI is InChI=1S/C23H16ClFN2O4/c1-31-17-9-8-14(12-16(17)24)21(28)19-20(13-5-4-6-15(25)11-13)27(23(30)22(19)29)18-7-2-3-10-26-18/h2-12,20,28H,1H3. The highest BCUT2D eigenvalue weighted by molar-refractivity contribution is 6.51. The molecule has 4 rings (SSSR count). The lowest BCUT2D eigenvalue weighted by Crippen LogP contribution is -2.30. The highest BCUT2D eigenvalue weighted by Crippen LogP contribution is 2.42. The summed E-state index contributed by atoms with van der Waals surface area (Å²) < 4.78 is 19.1. The number of ketones is 1. The van der Waals surface area contributed by atoms with Gasteiger partial charge < -0.3 is 9.84 Å². The number of pyridine rings is 1. The lowest BCUT2D eigenvalue weighted by Gasteiger charge is -2.24. The molecule has 0 bridgehead atoms. The molecule has 0 spiro atoms. The van der Waals surface area contributed by atoms with Crippen molar-refractivity contribution < 1.29 is 23.8 Å². The van der Waals surface area contributed by atoms with Crippen molar-refractivity contribution in [3.8, 4) is 5.75 Å². The van der Waals surface area contributed by atoms with Crippen molar-refractivity contribution in [1.29, 1.82) is 0 Å². The van der Waals surface area contributed by atoms with Crippen LogP contribution in [0.25, 0.3) is 5.76 Å². The maximum Gasteiger partial charge on any atom is 0.301 e.